The monoisotopic (exact) mass is 391 g/mol. The number of fused-ring (bicyclic) bond motifs is 1. The summed E-state index contributed by atoms with van der Waals surface area (Å²) in [4.78, 5) is 24.6. The number of halogens is 1. The molecule has 106 valence electrons. The van der Waals surface area contributed by atoms with Gasteiger partial charge in [0.1, 0.15) is 0 Å². The molecule has 1 amide bonds. The van der Waals surface area contributed by atoms with Gasteiger partial charge in [-0.1, -0.05) is 12.1 Å². The molecule has 3 nitrogen and oxygen atoms in total. The maximum absolute atomic E-state index is 12.6. The first-order valence-corrected chi connectivity index (χ1v) is 7.74. The number of hydrogen-bond donors (Lipinski definition) is 1. The number of rotatable bonds is 2. The molecule has 0 unspecified atom stereocenters. The summed E-state index contributed by atoms with van der Waals surface area (Å²) in [6, 6.07) is 12.9. The summed E-state index contributed by atoms with van der Waals surface area (Å²) in [5, 5.41) is 2.85. The van der Waals surface area contributed by atoms with Crippen LogP contribution in [0.4, 0.5) is 5.69 Å². The van der Waals surface area contributed by atoms with Gasteiger partial charge in [-0.2, -0.15) is 0 Å². The van der Waals surface area contributed by atoms with E-state index in [4.69, 9.17) is 0 Å². The van der Waals surface area contributed by atoms with Crippen LogP contribution in [0.1, 0.15) is 35.3 Å². The molecule has 0 radical (unpaired) electrons. The van der Waals surface area contributed by atoms with Crippen molar-refractivity contribution in [2.24, 2.45) is 0 Å². The van der Waals surface area contributed by atoms with E-state index in [9.17, 15) is 9.59 Å². The van der Waals surface area contributed by atoms with Gasteiger partial charge < -0.3 is 5.32 Å². The minimum atomic E-state index is -0.602. The number of hydrogen-bond acceptors (Lipinski definition) is 2. The number of ketones is 1. The first-order chi connectivity index (χ1) is 9.91. The van der Waals surface area contributed by atoms with Crippen LogP contribution >= 0.6 is 22.6 Å². The summed E-state index contributed by atoms with van der Waals surface area (Å²) < 4.78 is 0.925. The summed E-state index contributed by atoms with van der Waals surface area (Å²) in [7, 11) is 0. The maximum Gasteiger partial charge on any atom is 0.234 e. The molecule has 0 fully saturated rings. The molecule has 1 heterocycles. The van der Waals surface area contributed by atoms with E-state index in [-0.39, 0.29) is 11.7 Å². The Morgan fingerprint density at radius 1 is 1.14 bits per heavy atom. The van der Waals surface area contributed by atoms with Crippen molar-refractivity contribution < 1.29 is 9.59 Å². The molecule has 0 saturated carbocycles. The zero-order valence-electron chi connectivity index (χ0n) is 11.7. The molecule has 0 bridgehead atoms. The summed E-state index contributed by atoms with van der Waals surface area (Å²) in [5.41, 5.74) is 2.37. The number of anilines is 1. The van der Waals surface area contributed by atoms with E-state index in [1.165, 1.54) is 0 Å². The fraction of sp³-hybridized carbons (Fsp3) is 0.176. The van der Waals surface area contributed by atoms with Crippen molar-refractivity contribution in [3.8, 4) is 0 Å². The van der Waals surface area contributed by atoms with Gasteiger partial charge in [0.2, 0.25) is 5.91 Å². The highest BCUT2D eigenvalue weighted by molar-refractivity contribution is 14.1. The average molecular weight is 391 g/mol. The van der Waals surface area contributed by atoms with Crippen LogP contribution in [0.15, 0.2) is 42.5 Å². The lowest BCUT2D eigenvalue weighted by Crippen LogP contribution is -2.27. The van der Waals surface area contributed by atoms with Crippen LogP contribution in [-0.4, -0.2) is 11.7 Å². The SMILES string of the molecule is CC1(C)C(=O)Nc2ccc(C(=O)c3ccccc3I)cc21. The van der Waals surface area contributed by atoms with Crippen molar-refractivity contribution in [2.45, 2.75) is 19.3 Å². The largest absolute Gasteiger partial charge is 0.325 e. The Labute approximate surface area is 136 Å². The number of nitrogens with one attached hydrogen (secondary N) is 1. The lowest BCUT2D eigenvalue weighted by Gasteiger charge is -2.15. The summed E-state index contributed by atoms with van der Waals surface area (Å²) in [5.74, 6) is -0.0469. The molecule has 21 heavy (non-hydrogen) atoms. The molecule has 0 spiro atoms. The Hall–Kier alpha value is -1.69. The standard InChI is InChI=1S/C17H14INO2/c1-17(2)12-9-10(7-8-14(12)19-16(17)21)15(20)11-5-3-4-6-13(11)18/h3-9H,1-2H3,(H,19,21). The van der Waals surface area contributed by atoms with Gasteiger partial charge in [0.05, 0.1) is 5.41 Å². The Morgan fingerprint density at radius 3 is 2.57 bits per heavy atom. The zero-order valence-corrected chi connectivity index (χ0v) is 13.9. The number of benzene rings is 2. The number of amides is 1. The average Bonchev–Trinajstić information content (AvgIpc) is 2.69. The van der Waals surface area contributed by atoms with Crippen molar-refractivity contribution in [3.63, 3.8) is 0 Å². The predicted octanol–water partition coefficient (Wildman–Crippen LogP) is 3.75. The van der Waals surface area contributed by atoms with Crippen LogP contribution in [0.25, 0.3) is 0 Å². The molecule has 4 heteroatoms. The second kappa shape index (κ2) is 4.94. The molecular formula is C17H14INO2. The Kier molecular flexibility index (Phi) is 3.36. The highest BCUT2D eigenvalue weighted by Crippen LogP contribution is 2.38. The second-order valence-corrected chi connectivity index (χ2v) is 6.81. The van der Waals surface area contributed by atoms with Crippen LogP contribution in [0.2, 0.25) is 0 Å². The van der Waals surface area contributed by atoms with Crippen LogP contribution in [0.5, 0.6) is 0 Å². The lowest BCUT2D eigenvalue weighted by atomic mass is 9.84. The van der Waals surface area contributed by atoms with Crippen LogP contribution in [-0.2, 0) is 10.2 Å². The van der Waals surface area contributed by atoms with Gasteiger partial charge in [-0.15, -0.1) is 0 Å². The Bertz CT molecular complexity index is 765. The molecule has 2 aromatic rings. The summed E-state index contributed by atoms with van der Waals surface area (Å²) in [6.07, 6.45) is 0. The Morgan fingerprint density at radius 2 is 1.86 bits per heavy atom. The number of carbonyl (C=O) groups excluding carboxylic acids is 2. The summed E-state index contributed by atoms with van der Waals surface area (Å²) >= 11 is 2.16. The fourth-order valence-corrected chi connectivity index (χ4v) is 3.15. The van der Waals surface area contributed by atoms with E-state index in [1.54, 1.807) is 6.07 Å². The van der Waals surface area contributed by atoms with Crippen molar-refractivity contribution in [1.82, 2.24) is 0 Å². The van der Waals surface area contributed by atoms with Crippen LogP contribution in [0.3, 0.4) is 0 Å². The van der Waals surface area contributed by atoms with Gasteiger partial charge in [-0.25, -0.2) is 0 Å². The number of carbonyl (C=O) groups is 2. The molecule has 0 aliphatic carbocycles. The van der Waals surface area contributed by atoms with E-state index in [1.807, 2.05) is 50.2 Å². The van der Waals surface area contributed by atoms with E-state index in [2.05, 4.69) is 27.9 Å². The topological polar surface area (TPSA) is 46.2 Å². The van der Waals surface area contributed by atoms with E-state index >= 15 is 0 Å². The van der Waals surface area contributed by atoms with Gasteiger partial charge >= 0.3 is 0 Å². The highest BCUT2D eigenvalue weighted by Gasteiger charge is 2.38. The third-order valence-corrected chi connectivity index (χ3v) is 4.83. The van der Waals surface area contributed by atoms with E-state index in [0.717, 1.165) is 14.8 Å². The van der Waals surface area contributed by atoms with E-state index < -0.39 is 5.41 Å². The first-order valence-electron chi connectivity index (χ1n) is 6.66. The molecule has 3 rings (SSSR count). The minimum Gasteiger partial charge on any atom is -0.325 e. The van der Waals surface area contributed by atoms with Gasteiger partial charge in [-0.05, 0) is 72.3 Å². The van der Waals surface area contributed by atoms with Gasteiger partial charge in [0.15, 0.2) is 5.78 Å². The molecule has 2 aromatic carbocycles. The molecule has 1 aliphatic rings. The third-order valence-electron chi connectivity index (χ3n) is 3.89. The quantitative estimate of drug-likeness (QED) is 0.626. The molecular weight excluding hydrogens is 377 g/mol. The third kappa shape index (κ3) is 2.27. The highest BCUT2D eigenvalue weighted by atomic mass is 127. The molecule has 1 N–H and O–H groups in total. The lowest BCUT2D eigenvalue weighted by molar-refractivity contribution is -0.119. The summed E-state index contributed by atoms with van der Waals surface area (Å²) in [6.45, 7) is 3.74. The van der Waals surface area contributed by atoms with Crippen LogP contribution < -0.4 is 5.32 Å². The smallest absolute Gasteiger partial charge is 0.234 e. The molecule has 0 atom stereocenters. The van der Waals surface area contributed by atoms with Crippen LogP contribution in [0, 0.1) is 3.57 Å². The first kappa shape index (κ1) is 14.3. The van der Waals surface area contributed by atoms with Gasteiger partial charge in [0.25, 0.3) is 0 Å². The maximum atomic E-state index is 12.6. The molecule has 1 aliphatic heterocycles. The minimum absolute atomic E-state index is 0.0158. The fourth-order valence-electron chi connectivity index (χ4n) is 2.51. The van der Waals surface area contributed by atoms with Crippen molar-refractivity contribution >= 4 is 40.0 Å². The molecule has 0 saturated heterocycles. The van der Waals surface area contributed by atoms with Crippen molar-refractivity contribution in [3.05, 3.63) is 62.7 Å². The Balaban J connectivity index is 2.07. The van der Waals surface area contributed by atoms with Crippen molar-refractivity contribution in [2.75, 3.05) is 5.32 Å². The second-order valence-electron chi connectivity index (χ2n) is 5.65. The predicted molar refractivity (Wildman–Crippen MR) is 90.7 cm³/mol. The zero-order chi connectivity index (χ0) is 15.2. The van der Waals surface area contributed by atoms with Gasteiger partial charge in [0, 0.05) is 20.4 Å². The molecule has 0 aromatic heterocycles. The normalized spacial score (nSPS) is 15.5. The van der Waals surface area contributed by atoms with Gasteiger partial charge in [-0.3, -0.25) is 9.59 Å². The van der Waals surface area contributed by atoms with Crippen molar-refractivity contribution in [1.29, 1.82) is 0 Å². The van der Waals surface area contributed by atoms with E-state index in [0.29, 0.717) is 11.1 Å².